The number of amides is 2. The van der Waals surface area contributed by atoms with E-state index in [1.807, 2.05) is 25.1 Å². The van der Waals surface area contributed by atoms with Crippen molar-refractivity contribution < 1.29 is 14.0 Å². The Hall–Kier alpha value is -3.49. The van der Waals surface area contributed by atoms with Crippen LogP contribution in [0.1, 0.15) is 28.8 Å². The summed E-state index contributed by atoms with van der Waals surface area (Å²) in [6, 6.07) is 7.26. The molecule has 1 atom stereocenters. The molecule has 0 saturated carbocycles. The third kappa shape index (κ3) is 3.64. The predicted molar refractivity (Wildman–Crippen MR) is 99.9 cm³/mol. The molecule has 3 heterocycles. The molecule has 0 aliphatic carbocycles. The first kappa shape index (κ1) is 17.9. The highest BCUT2D eigenvalue weighted by atomic mass is 16.3. The van der Waals surface area contributed by atoms with Crippen LogP contribution in [0.2, 0.25) is 0 Å². The number of benzene rings is 1. The maximum atomic E-state index is 12.9. The molecule has 0 bridgehead atoms. The first-order chi connectivity index (χ1) is 13.6. The lowest BCUT2D eigenvalue weighted by Crippen LogP contribution is -2.43. The quantitative estimate of drug-likeness (QED) is 0.742. The zero-order valence-corrected chi connectivity index (χ0v) is 15.4. The second-order valence-electron chi connectivity index (χ2n) is 6.85. The standard InChI is InChI=1S/C19H20N6O3/c1-13-4-5-16(25-12-20-22-23-25)9-17(13)21-18(26)14-3-2-7-24(10-14)19(27)15-6-8-28-11-15/h4-6,8-9,11-12,14H,2-3,7,10H2,1H3,(H,21,26)/t14-/m0/s1. The summed E-state index contributed by atoms with van der Waals surface area (Å²) in [4.78, 5) is 27.1. The topological polar surface area (TPSA) is 106 Å². The SMILES string of the molecule is Cc1ccc(-n2cnnn2)cc1NC(=O)[C@H]1CCCN(C(=O)c2ccoc2)C1. The molecule has 4 rings (SSSR count). The van der Waals surface area contributed by atoms with Crippen LogP contribution in [-0.2, 0) is 4.79 Å². The molecule has 0 spiro atoms. The molecule has 2 aromatic heterocycles. The Bertz CT molecular complexity index is 968. The largest absolute Gasteiger partial charge is 0.472 e. The fraction of sp³-hybridized carbons (Fsp3) is 0.316. The van der Waals surface area contributed by atoms with Gasteiger partial charge in [0.2, 0.25) is 5.91 Å². The average Bonchev–Trinajstić information content (AvgIpc) is 3.43. The monoisotopic (exact) mass is 380 g/mol. The van der Waals surface area contributed by atoms with Gasteiger partial charge in [-0.05, 0) is 54.0 Å². The molecule has 1 saturated heterocycles. The van der Waals surface area contributed by atoms with Gasteiger partial charge in [-0.2, -0.15) is 0 Å². The summed E-state index contributed by atoms with van der Waals surface area (Å²) >= 11 is 0. The van der Waals surface area contributed by atoms with Crippen molar-refractivity contribution in [1.82, 2.24) is 25.1 Å². The summed E-state index contributed by atoms with van der Waals surface area (Å²) in [7, 11) is 0. The molecule has 2 amide bonds. The van der Waals surface area contributed by atoms with Crippen molar-refractivity contribution in [3.8, 4) is 5.69 Å². The number of tetrazole rings is 1. The fourth-order valence-electron chi connectivity index (χ4n) is 3.35. The lowest BCUT2D eigenvalue weighted by atomic mass is 9.96. The van der Waals surface area contributed by atoms with E-state index in [1.54, 1.807) is 11.0 Å². The maximum Gasteiger partial charge on any atom is 0.257 e. The number of aromatic nitrogens is 4. The van der Waals surface area contributed by atoms with E-state index in [9.17, 15) is 9.59 Å². The van der Waals surface area contributed by atoms with Gasteiger partial charge in [0, 0.05) is 18.8 Å². The average molecular weight is 380 g/mol. The normalized spacial score (nSPS) is 16.8. The minimum Gasteiger partial charge on any atom is -0.472 e. The number of piperidine rings is 1. The first-order valence-corrected chi connectivity index (χ1v) is 9.08. The van der Waals surface area contributed by atoms with Crippen LogP contribution in [0.3, 0.4) is 0 Å². The Morgan fingerprint density at radius 2 is 2.18 bits per heavy atom. The van der Waals surface area contributed by atoms with Crippen molar-refractivity contribution in [2.24, 2.45) is 5.92 Å². The summed E-state index contributed by atoms with van der Waals surface area (Å²) in [5.74, 6) is -0.467. The van der Waals surface area contributed by atoms with Gasteiger partial charge in [-0.1, -0.05) is 6.07 Å². The van der Waals surface area contributed by atoms with Crippen molar-refractivity contribution in [3.05, 3.63) is 54.2 Å². The van der Waals surface area contributed by atoms with Crippen LogP contribution < -0.4 is 5.32 Å². The van der Waals surface area contributed by atoms with Crippen LogP contribution in [0.15, 0.2) is 47.5 Å². The second kappa shape index (κ2) is 7.63. The van der Waals surface area contributed by atoms with Crippen LogP contribution in [0.4, 0.5) is 5.69 Å². The van der Waals surface area contributed by atoms with Crippen LogP contribution >= 0.6 is 0 Å². The zero-order chi connectivity index (χ0) is 19.5. The molecule has 1 N–H and O–H groups in total. The van der Waals surface area contributed by atoms with Crippen molar-refractivity contribution in [3.63, 3.8) is 0 Å². The zero-order valence-electron chi connectivity index (χ0n) is 15.4. The van der Waals surface area contributed by atoms with Crippen molar-refractivity contribution in [2.75, 3.05) is 18.4 Å². The van der Waals surface area contributed by atoms with Crippen molar-refractivity contribution in [1.29, 1.82) is 0 Å². The third-order valence-corrected chi connectivity index (χ3v) is 4.94. The first-order valence-electron chi connectivity index (χ1n) is 9.08. The molecule has 28 heavy (non-hydrogen) atoms. The molecule has 0 unspecified atom stereocenters. The number of hydrogen-bond acceptors (Lipinski definition) is 6. The number of likely N-dealkylation sites (tertiary alicyclic amines) is 1. The number of anilines is 1. The van der Waals surface area contributed by atoms with Crippen LogP contribution in [0, 0.1) is 12.8 Å². The number of rotatable bonds is 4. The Morgan fingerprint density at radius 3 is 2.93 bits per heavy atom. The molecule has 1 aromatic carbocycles. The molecule has 1 aliphatic rings. The van der Waals surface area contributed by atoms with E-state index < -0.39 is 0 Å². The number of carbonyl (C=O) groups excluding carboxylic acids is 2. The highest BCUT2D eigenvalue weighted by Crippen LogP contribution is 2.23. The Kier molecular flexibility index (Phi) is 4.88. The Morgan fingerprint density at radius 1 is 1.29 bits per heavy atom. The molecule has 9 nitrogen and oxygen atoms in total. The molecule has 144 valence electrons. The van der Waals surface area contributed by atoms with Gasteiger partial charge in [0.25, 0.3) is 5.91 Å². The summed E-state index contributed by atoms with van der Waals surface area (Å²) in [5.41, 5.74) is 2.90. The van der Waals surface area contributed by atoms with Gasteiger partial charge in [-0.15, -0.1) is 5.10 Å². The van der Waals surface area contributed by atoms with Gasteiger partial charge in [0.05, 0.1) is 23.4 Å². The van der Waals surface area contributed by atoms with E-state index in [-0.39, 0.29) is 17.7 Å². The van der Waals surface area contributed by atoms with E-state index in [4.69, 9.17) is 4.42 Å². The molecule has 1 aliphatic heterocycles. The van der Waals surface area contributed by atoms with E-state index in [2.05, 4.69) is 20.8 Å². The number of nitrogens with one attached hydrogen (secondary N) is 1. The number of aryl methyl sites for hydroxylation is 1. The molecule has 0 radical (unpaired) electrons. The van der Waals surface area contributed by atoms with Crippen LogP contribution in [0.25, 0.3) is 5.69 Å². The van der Waals surface area contributed by atoms with Gasteiger partial charge in [-0.3, -0.25) is 9.59 Å². The number of furan rings is 1. The molecule has 1 fully saturated rings. The van der Waals surface area contributed by atoms with E-state index in [0.717, 1.165) is 24.1 Å². The second-order valence-corrected chi connectivity index (χ2v) is 6.85. The Balaban J connectivity index is 1.46. The summed E-state index contributed by atoms with van der Waals surface area (Å²) in [6.07, 6.45) is 5.93. The number of carbonyl (C=O) groups is 2. The third-order valence-electron chi connectivity index (χ3n) is 4.94. The maximum absolute atomic E-state index is 12.9. The smallest absolute Gasteiger partial charge is 0.257 e. The van der Waals surface area contributed by atoms with Crippen LogP contribution in [0.5, 0.6) is 0 Å². The molecule has 9 heteroatoms. The molecule has 3 aromatic rings. The molecular weight excluding hydrogens is 360 g/mol. The minimum atomic E-state index is -0.263. The lowest BCUT2D eigenvalue weighted by Gasteiger charge is -2.32. The highest BCUT2D eigenvalue weighted by molar-refractivity contribution is 5.96. The molecular formula is C19H20N6O3. The highest BCUT2D eigenvalue weighted by Gasteiger charge is 2.29. The van der Waals surface area contributed by atoms with E-state index in [0.29, 0.717) is 24.3 Å². The van der Waals surface area contributed by atoms with Gasteiger partial charge in [0.1, 0.15) is 12.6 Å². The van der Waals surface area contributed by atoms with Gasteiger partial charge >= 0.3 is 0 Å². The van der Waals surface area contributed by atoms with Crippen molar-refractivity contribution >= 4 is 17.5 Å². The van der Waals surface area contributed by atoms with Gasteiger partial charge in [-0.25, -0.2) is 4.68 Å². The number of nitrogens with zero attached hydrogens (tertiary/aromatic N) is 5. The minimum absolute atomic E-state index is 0.0957. The summed E-state index contributed by atoms with van der Waals surface area (Å²) in [5, 5.41) is 14.1. The van der Waals surface area contributed by atoms with Crippen molar-refractivity contribution in [2.45, 2.75) is 19.8 Å². The number of hydrogen-bond donors (Lipinski definition) is 1. The predicted octanol–water partition coefficient (Wildman–Crippen LogP) is 2.05. The lowest BCUT2D eigenvalue weighted by molar-refractivity contribution is -0.121. The van der Waals surface area contributed by atoms with Crippen LogP contribution in [-0.4, -0.2) is 50.0 Å². The summed E-state index contributed by atoms with van der Waals surface area (Å²) in [6.45, 7) is 2.96. The summed E-state index contributed by atoms with van der Waals surface area (Å²) < 4.78 is 6.52. The van der Waals surface area contributed by atoms with E-state index in [1.165, 1.54) is 23.5 Å². The van der Waals surface area contributed by atoms with Gasteiger partial charge < -0.3 is 14.6 Å². The fourth-order valence-corrected chi connectivity index (χ4v) is 3.35. The van der Waals surface area contributed by atoms with Gasteiger partial charge in [0.15, 0.2) is 0 Å². The Labute approximate surface area is 161 Å². The van der Waals surface area contributed by atoms with E-state index >= 15 is 0 Å².